The quantitative estimate of drug-likeness (QED) is 0.849. The third-order valence-corrected chi connectivity index (χ3v) is 4.74. The van der Waals surface area contributed by atoms with Gasteiger partial charge in [-0.1, -0.05) is 18.5 Å². The van der Waals surface area contributed by atoms with Gasteiger partial charge in [0.25, 0.3) is 0 Å². The highest BCUT2D eigenvalue weighted by Gasteiger charge is 2.31. The van der Waals surface area contributed by atoms with Gasteiger partial charge in [0.15, 0.2) is 0 Å². The van der Waals surface area contributed by atoms with E-state index in [1.165, 1.54) is 24.3 Å². The van der Waals surface area contributed by atoms with E-state index in [1.807, 2.05) is 6.07 Å². The van der Waals surface area contributed by atoms with Gasteiger partial charge in [0.1, 0.15) is 0 Å². The molecule has 1 fully saturated rings. The van der Waals surface area contributed by atoms with E-state index in [0.29, 0.717) is 5.41 Å². The van der Waals surface area contributed by atoms with Crippen LogP contribution in [0.25, 0.3) is 0 Å². The smallest absolute Gasteiger partial charge is 0.0931 e. The zero-order valence-electron chi connectivity index (χ0n) is 9.68. The van der Waals surface area contributed by atoms with Crippen LogP contribution in [0, 0.1) is 5.41 Å². The highest BCUT2D eigenvalue weighted by Crippen LogP contribution is 2.28. The maximum absolute atomic E-state index is 5.90. The topological polar surface area (TPSA) is 24.1 Å². The van der Waals surface area contributed by atoms with E-state index in [9.17, 15) is 0 Å². The molecule has 1 aromatic rings. The molecular weight excluding hydrogens is 240 g/mol. The minimum Gasteiger partial charge on any atom is -0.316 e. The largest absolute Gasteiger partial charge is 0.316 e. The van der Waals surface area contributed by atoms with Crippen LogP contribution in [0.3, 0.4) is 0 Å². The molecule has 1 atom stereocenters. The minimum absolute atomic E-state index is 0.473. The molecule has 0 spiro atoms. The molecule has 0 bridgehead atoms. The van der Waals surface area contributed by atoms with Crippen molar-refractivity contribution in [1.29, 1.82) is 0 Å². The van der Waals surface area contributed by atoms with Gasteiger partial charge in [-0.2, -0.15) is 0 Å². The summed E-state index contributed by atoms with van der Waals surface area (Å²) in [6.45, 7) is 6.66. The molecule has 4 heteroatoms. The zero-order chi connectivity index (χ0) is 11.4. The Labute approximate surface area is 106 Å². The molecule has 2 N–H and O–H groups in total. The Balaban J connectivity index is 1.78. The highest BCUT2D eigenvalue weighted by molar-refractivity contribution is 7.16. The molecule has 2 heterocycles. The summed E-state index contributed by atoms with van der Waals surface area (Å²) in [4.78, 5) is 1.32. The first-order valence-electron chi connectivity index (χ1n) is 5.90. The lowest BCUT2D eigenvalue weighted by atomic mass is 9.84. The molecule has 1 saturated heterocycles. The molecule has 1 aliphatic rings. The van der Waals surface area contributed by atoms with Crippen molar-refractivity contribution in [2.45, 2.75) is 26.3 Å². The van der Waals surface area contributed by atoms with Crippen molar-refractivity contribution in [3.63, 3.8) is 0 Å². The van der Waals surface area contributed by atoms with Gasteiger partial charge in [-0.05, 0) is 36.9 Å². The van der Waals surface area contributed by atoms with Gasteiger partial charge < -0.3 is 10.6 Å². The SMILES string of the molecule is CCC1(CNCc2ccc(Cl)s2)CCNC1. The normalized spacial score (nSPS) is 25.1. The van der Waals surface area contributed by atoms with E-state index < -0.39 is 0 Å². The van der Waals surface area contributed by atoms with Crippen molar-refractivity contribution >= 4 is 22.9 Å². The predicted molar refractivity (Wildman–Crippen MR) is 71.2 cm³/mol. The monoisotopic (exact) mass is 258 g/mol. The molecule has 0 saturated carbocycles. The number of hydrogen-bond donors (Lipinski definition) is 2. The maximum atomic E-state index is 5.90. The van der Waals surface area contributed by atoms with E-state index in [1.54, 1.807) is 11.3 Å². The van der Waals surface area contributed by atoms with Crippen LogP contribution in [0.15, 0.2) is 12.1 Å². The Bertz CT molecular complexity index is 332. The van der Waals surface area contributed by atoms with Crippen LogP contribution < -0.4 is 10.6 Å². The Morgan fingerprint density at radius 2 is 2.44 bits per heavy atom. The third-order valence-electron chi connectivity index (χ3n) is 3.51. The molecule has 0 aliphatic carbocycles. The van der Waals surface area contributed by atoms with Crippen LogP contribution >= 0.6 is 22.9 Å². The molecule has 16 heavy (non-hydrogen) atoms. The summed E-state index contributed by atoms with van der Waals surface area (Å²) in [5, 5.41) is 7.02. The number of thiophene rings is 1. The van der Waals surface area contributed by atoms with Crippen molar-refractivity contribution < 1.29 is 0 Å². The average Bonchev–Trinajstić information content (AvgIpc) is 2.89. The van der Waals surface area contributed by atoms with E-state index in [-0.39, 0.29) is 0 Å². The molecule has 1 aromatic heterocycles. The molecule has 2 rings (SSSR count). The van der Waals surface area contributed by atoms with Crippen molar-refractivity contribution in [3.05, 3.63) is 21.3 Å². The summed E-state index contributed by atoms with van der Waals surface area (Å²) in [5.74, 6) is 0. The van der Waals surface area contributed by atoms with E-state index in [2.05, 4.69) is 23.6 Å². The van der Waals surface area contributed by atoms with Crippen LogP contribution in [-0.4, -0.2) is 19.6 Å². The lowest BCUT2D eigenvalue weighted by molar-refractivity contribution is 0.291. The summed E-state index contributed by atoms with van der Waals surface area (Å²) >= 11 is 7.57. The molecular formula is C12H19ClN2S. The van der Waals surface area contributed by atoms with E-state index in [0.717, 1.165) is 24.0 Å². The van der Waals surface area contributed by atoms with Crippen molar-refractivity contribution in [1.82, 2.24) is 10.6 Å². The molecule has 1 aliphatic heterocycles. The summed E-state index contributed by atoms with van der Waals surface area (Å²) in [6.07, 6.45) is 2.54. The number of hydrogen-bond acceptors (Lipinski definition) is 3. The van der Waals surface area contributed by atoms with Gasteiger partial charge in [0, 0.05) is 24.5 Å². The highest BCUT2D eigenvalue weighted by atomic mass is 35.5. The molecule has 0 radical (unpaired) electrons. The number of nitrogens with one attached hydrogen (secondary N) is 2. The van der Waals surface area contributed by atoms with Crippen LogP contribution in [0.1, 0.15) is 24.6 Å². The summed E-state index contributed by atoms with van der Waals surface area (Å²) in [5.41, 5.74) is 0.473. The second-order valence-electron chi connectivity index (χ2n) is 4.59. The van der Waals surface area contributed by atoms with Crippen LogP contribution in [0.4, 0.5) is 0 Å². The maximum Gasteiger partial charge on any atom is 0.0931 e. The van der Waals surface area contributed by atoms with Crippen LogP contribution in [-0.2, 0) is 6.54 Å². The summed E-state index contributed by atoms with van der Waals surface area (Å²) in [6, 6.07) is 4.07. The van der Waals surface area contributed by atoms with Crippen molar-refractivity contribution in [3.8, 4) is 0 Å². The van der Waals surface area contributed by atoms with Crippen LogP contribution in [0.5, 0.6) is 0 Å². The first-order chi connectivity index (χ1) is 7.74. The second kappa shape index (κ2) is 5.50. The number of halogens is 1. The molecule has 90 valence electrons. The lowest BCUT2D eigenvalue weighted by Gasteiger charge is -2.26. The van der Waals surface area contributed by atoms with Gasteiger partial charge in [0.2, 0.25) is 0 Å². The minimum atomic E-state index is 0.473. The van der Waals surface area contributed by atoms with Gasteiger partial charge in [0.05, 0.1) is 4.34 Å². The zero-order valence-corrected chi connectivity index (χ0v) is 11.3. The van der Waals surface area contributed by atoms with Gasteiger partial charge in [-0.3, -0.25) is 0 Å². The van der Waals surface area contributed by atoms with Gasteiger partial charge in [-0.25, -0.2) is 0 Å². The van der Waals surface area contributed by atoms with Crippen molar-refractivity contribution in [2.24, 2.45) is 5.41 Å². The molecule has 0 aromatic carbocycles. The van der Waals surface area contributed by atoms with Crippen molar-refractivity contribution in [2.75, 3.05) is 19.6 Å². The average molecular weight is 259 g/mol. The van der Waals surface area contributed by atoms with E-state index >= 15 is 0 Å². The lowest BCUT2D eigenvalue weighted by Crippen LogP contribution is -2.35. The standard InChI is InChI=1S/C12H19ClN2S/c1-2-12(5-6-14-8-12)9-15-7-10-3-4-11(13)16-10/h3-4,14-15H,2,5-9H2,1H3. The predicted octanol–water partition coefficient (Wildman–Crippen LogP) is 2.88. The Morgan fingerprint density at radius 1 is 1.56 bits per heavy atom. The first-order valence-corrected chi connectivity index (χ1v) is 7.09. The summed E-state index contributed by atoms with van der Waals surface area (Å²) in [7, 11) is 0. The molecule has 0 amide bonds. The van der Waals surface area contributed by atoms with E-state index in [4.69, 9.17) is 11.6 Å². The number of rotatable bonds is 5. The fourth-order valence-electron chi connectivity index (χ4n) is 2.27. The van der Waals surface area contributed by atoms with Gasteiger partial charge >= 0.3 is 0 Å². The Kier molecular flexibility index (Phi) is 4.25. The van der Waals surface area contributed by atoms with Crippen LogP contribution in [0.2, 0.25) is 4.34 Å². The fourth-order valence-corrected chi connectivity index (χ4v) is 3.33. The van der Waals surface area contributed by atoms with Gasteiger partial charge in [-0.15, -0.1) is 11.3 Å². The molecule has 2 nitrogen and oxygen atoms in total. The molecule has 1 unspecified atom stereocenters. The third kappa shape index (κ3) is 2.98. The fraction of sp³-hybridized carbons (Fsp3) is 0.667. The Hall–Kier alpha value is -0.0900. The first kappa shape index (κ1) is 12.4. The second-order valence-corrected chi connectivity index (χ2v) is 6.39. The Morgan fingerprint density at radius 3 is 3.00 bits per heavy atom. The summed E-state index contributed by atoms with van der Waals surface area (Å²) < 4.78 is 0.879.